The van der Waals surface area contributed by atoms with Crippen molar-refractivity contribution in [3.8, 4) is 5.88 Å². The smallest absolute Gasteiger partial charge is 0.256 e. The Kier molecular flexibility index (Phi) is 7.27. The number of benzene rings is 3. The van der Waals surface area contributed by atoms with Crippen LogP contribution in [0.2, 0.25) is 0 Å². The molecule has 1 aliphatic heterocycles. The number of carbonyl (C=O) groups excluding carboxylic acids is 1. The van der Waals surface area contributed by atoms with E-state index >= 15 is 0 Å². The van der Waals surface area contributed by atoms with Gasteiger partial charge < -0.3 is 14.5 Å². The average molecular weight is 478 g/mol. The van der Waals surface area contributed by atoms with E-state index in [1.54, 1.807) is 0 Å². The first-order valence-corrected chi connectivity index (χ1v) is 12.5. The minimum Gasteiger partial charge on any atom is -0.472 e. The highest BCUT2D eigenvalue weighted by Gasteiger charge is 2.28. The zero-order valence-corrected chi connectivity index (χ0v) is 20.6. The van der Waals surface area contributed by atoms with Crippen molar-refractivity contribution in [3.05, 3.63) is 126 Å². The van der Waals surface area contributed by atoms with Crippen LogP contribution in [0, 0.1) is 6.92 Å². The van der Waals surface area contributed by atoms with Gasteiger partial charge in [-0.15, -0.1) is 0 Å². The molecule has 36 heavy (non-hydrogen) atoms. The van der Waals surface area contributed by atoms with E-state index in [1.165, 1.54) is 0 Å². The second kappa shape index (κ2) is 11.1. The molecule has 5 rings (SSSR count). The maximum atomic E-state index is 14.0. The first-order chi connectivity index (χ1) is 17.7. The number of hydrogen-bond acceptors (Lipinski definition) is 4. The van der Waals surface area contributed by atoms with Gasteiger partial charge in [-0.3, -0.25) is 4.79 Å². The predicted octanol–water partition coefficient (Wildman–Crippen LogP) is 5.89. The lowest BCUT2D eigenvalue weighted by Crippen LogP contribution is -2.32. The third kappa shape index (κ3) is 5.74. The lowest BCUT2D eigenvalue weighted by Gasteiger charge is -2.27. The Hall–Kier alpha value is -4.12. The monoisotopic (exact) mass is 477 g/mol. The summed E-state index contributed by atoms with van der Waals surface area (Å²) in [6.45, 7) is 4.66. The number of aromatic nitrogens is 1. The molecular formula is C31H31N3O2. The molecule has 1 amide bonds. The molecule has 5 heteroatoms. The number of ether oxygens (including phenoxy) is 1. The van der Waals surface area contributed by atoms with E-state index in [1.807, 2.05) is 90.8 Å². The van der Waals surface area contributed by atoms with Crippen molar-refractivity contribution in [1.82, 2.24) is 9.88 Å². The van der Waals surface area contributed by atoms with Crippen LogP contribution in [0.4, 0.5) is 5.69 Å². The number of para-hydroxylation sites is 1. The van der Waals surface area contributed by atoms with Gasteiger partial charge in [-0.05, 0) is 35.7 Å². The molecule has 0 saturated carbocycles. The Labute approximate surface area is 213 Å². The van der Waals surface area contributed by atoms with Crippen molar-refractivity contribution in [1.29, 1.82) is 0 Å². The third-order valence-electron chi connectivity index (χ3n) is 6.51. The van der Waals surface area contributed by atoms with Crippen LogP contribution >= 0.6 is 0 Å². The average Bonchev–Trinajstić information content (AvgIpc) is 3.39. The number of hydrogen-bond donors (Lipinski definition) is 0. The van der Waals surface area contributed by atoms with Gasteiger partial charge >= 0.3 is 0 Å². The van der Waals surface area contributed by atoms with Gasteiger partial charge in [0.1, 0.15) is 6.10 Å². The SMILES string of the molecule is Cc1ccc(O[C@H]2CCN(c3ccccc3C(=O)N(Cc3ccccc3)Cc3ccccc3)C2)nc1. The van der Waals surface area contributed by atoms with E-state index in [9.17, 15) is 4.79 Å². The van der Waals surface area contributed by atoms with Crippen LogP contribution in [0.15, 0.2) is 103 Å². The molecular weight excluding hydrogens is 446 g/mol. The molecule has 0 bridgehead atoms. The zero-order chi connectivity index (χ0) is 24.7. The van der Waals surface area contributed by atoms with Crippen molar-refractivity contribution in [2.75, 3.05) is 18.0 Å². The van der Waals surface area contributed by atoms with Crippen LogP contribution in [0.25, 0.3) is 0 Å². The summed E-state index contributed by atoms with van der Waals surface area (Å²) in [5, 5.41) is 0. The largest absolute Gasteiger partial charge is 0.472 e. The van der Waals surface area contributed by atoms with Gasteiger partial charge in [0.2, 0.25) is 5.88 Å². The van der Waals surface area contributed by atoms with E-state index in [2.05, 4.69) is 34.1 Å². The molecule has 0 N–H and O–H groups in total. The minimum atomic E-state index is 0.0304. The fourth-order valence-electron chi connectivity index (χ4n) is 4.65. The van der Waals surface area contributed by atoms with Crippen LogP contribution in [0.3, 0.4) is 0 Å². The van der Waals surface area contributed by atoms with E-state index in [-0.39, 0.29) is 12.0 Å². The van der Waals surface area contributed by atoms with Gasteiger partial charge in [0, 0.05) is 44.0 Å². The van der Waals surface area contributed by atoms with Gasteiger partial charge in [-0.2, -0.15) is 0 Å². The van der Waals surface area contributed by atoms with Crippen molar-refractivity contribution in [2.24, 2.45) is 0 Å². The molecule has 0 radical (unpaired) electrons. The van der Waals surface area contributed by atoms with Crippen molar-refractivity contribution >= 4 is 11.6 Å². The Morgan fingerprint density at radius 3 is 2.17 bits per heavy atom. The van der Waals surface area contributed by atoms with Crippen LogP contribution in [0.5, 0.6) is 5.88 Å². The number of amides is 1. The maximum Gasteiger partial charge on any atom is 0.256 e. The Morgan fingerprint density at radius 2 is 1.53 bits per heavy atom. The van der Waals surface area contributed by atoms with Crippen LogP contribution in [0.1, 0.15) is 33.5 Å². The molecule has 1 fully saturated rings. The molecule has 1 saturated heterocycles. The van der Waals surface area contributed by atoms with E-state index < -0.39 is 0 Å². The normalized spacial score (nSPS) is 15.0. The molecule has 4 aromatic rings. The Morgan fingerprint density at radius 1 is 0.889 bits per heavy atom. The summed E-state index contributed by atoms with van der Waals surface area (Å²) in [7, 11) is 0. The number of nitrogens with zero attached hydrogens (tertiary/aromatic N) is 3. The van der Waals surface area contributed by atoms with E-state index in [4.69, 9.17) is 4.74 Å². The summed E-state index contributed by atoms with van der Waals surface area (Å²) in [5.41, 5.74) is 5.01. The Bertz CT molecular complexity index is 1230. The highest BCUT2D eigenvalue weighted by Crippen LogP contribution is 2.28. The summed E-state index contributed by atoms with van der Waals surface area (Å²) >= 11 is 0. The number of rotatable bonds is 8. The molecule has 1 aliphatic rings. The second-order valence-electron chi connectivity index (χ2n) is 9.30. The number of aryl methyl sites for hydroxylation is 1. The summed E-state index contributed by atoms with van der Waals surface area (Å²) in [6, 6.07) is 32.2. The molecule has 0 spiro atoms. The molecule has 1 atom stereocenters. The van der Waals surface area contributed by atoms with E-state index in [0.29, 0.717) is 19.0 Å². The van der Waals surface area contributed by atoms with Gasteiger partial charge in [-0.25, -0.2) is 4.98 Å². The predicted molar refractivity (Wildman–Crippen MR) is 143 cm³/mol. The highest BCUT2D eigenvalue weighted by molar-refractivity contribution is 5.99. The number of anilines is 1. The zero-order valence-electron chi connectivity index (χ0n) is 20.6. The van der Waals surface area contributed by atoms with Crippen LogP contribution in [-0.4, -0.2) is 35.0 Å². The van der Waals surface area contributed by atoms with Gasteiger partial charge in [0.15, 0.2) is 0 Å². The van der Waals surface area contributed by atoms with E-state index in [0.717, 1.165) is 47.5 Å². The molecule has 0 aliphatic carbocycles. The summed E-state index contributed by atoms with van der Waals surface area (Å²) in [5.74, 6) is 0.677. The molecule has 1 aromatic heterocycles. The fraction of sp³-hybridized carbons (Fsp3) is 0.226. The first kappa shape index (κ1) is 23.6. The topological polar surface area (TPSA) is 45.7 Å². The van der Waals surface area contributed by atoms with Crippen molar-refractivity contribution < 1.29 is 9.53 Å². The standard InChI is InChI=1S/C31H31N3O2/c1-24-16-17-30(32-20-24)36-27-18-19-33(23-27)29-15-9-8-14-28(29)31(35)34(21-25-10-4-2-5-11-25)22-26-12-6-3-7-13-26/h2-17,20,27H,18-19,21-23H2,1H3/t27-/m0/s1. The molecule has 3 aromatic carbocycles. The molecule has 0 unspecified atom stereocenters. The summed E-state index contributed by atoms with van der Waals surface area (Å²) < 4.78 is 6.14. The lowest BCUT2D eigenvalue weighted by atomic mass is 10.1. The summed E-state index contributed by atoms with van der Waals surface area (Å²) in [4.78, 5) is 22.6. The maximum absolute atomic E-state index is 14.0. The first-order valence-electron chi connectivity index (χ1n) is 12.5. The quantitative estimate of drug-likeness (QED) is 0.317. The van der Waals surface area contributed by atoms with Gasteiger partial charge in [0.25, 0.3) is 5.91 Å². The van der Waals surface area contributed by atoms with Crippen molar-refractivity contribution in [2.45, 2.75) is 32.5 Å². The van der Waals surface area contributed by atoms with Gasteiger partial charge in [0.05, 0.1) is 12.1 Å². The Balaban J connectivity index is 1.36. The summed E-state index contributed by atoms with van der Waals surface area (Å²) in [6.07, 6.45) is 2.74. The van der Waals surface area contributed by atoms with Crippen LogP contribution in [-0.2, 0) is 13.1 Å². The second-order valence-corrected chi connectivity index (χ2v) is 9.30. The highest BCUT2D eigenvalue weighted by atomic mass is 16.5. The van der Waals surface area contributed by atoms with Gasteiger partial charge in [-0.1, -0.05) is 78.9 Å². The molecule has 5 nitrogen and oxygen atoms in total. The minimum absolute atomic E-state index is 0.0304. The van der Waals surface area contributed by atoms with Crippen molar-refractivity contribution in [3.63, 3.8) is 0 Å². The van der Waals surface area contributed by atoms with Crippen LogP contribution < -0.4 is 9.64 Å². The number of pyridine rings is 1. The number of carbonyl (C=O) groups is 1. The molecule has 2 heterocycles. The third-order valence-corrected chi connectivity index (χ3v) is 6.51. The lowest BCUT2D eigenvalue weighted by molar-refractivity contribution is 0.0730. The fourth-order valence-corrected chi connectivity index (χ4v) is 4.65. The molecule has 182 valence electrons.